The van der Waals surface area contributed by atoms with E-state index in [-0.39, 0.29) is 6.04 Å². The molecule has 0 aliphatic heterocycles. The molecule has 0 aliphatic carbocycles. The third kappa shape index (κ3) is 2.55. The minimum absolute atomic E-state index is 0.0206. The standard InChI is InChI=1S/C12H12BrN5S/c13-8-3-9(19-7-8)4-11(17-14)10-5-16-18-2-1-15-6-12(10)18/h1-3,5-7,11,17H,4,14H2. The second-order valence-corrected chi connectivity index (χ2v) is 6.07. The average molecular weight is 338 g/mol. The molecular formula is C12H12BrN5S. The van der Waals surface area contributed by atoms with Crippen molar-refractivity contribution in [1.29, 1.82) is 0 Å². The Morgan fingerprint density at radius 2 is 2.37 bits per heavy atom. The van der Waals surface area contributed by atoms with E-state index in [0.717, 1.165) is 22.0 Å². The maximum Gasteiger partial charge on any atom is 0.0893 e. The maximum absolute atomic E-state index is 5.70. The zero-order chi connectivity index (χ0) is 13.2. The molecule has 0 aliphatic rings. The van der Waals surface area contributed by atoms with E-state index in [1.165, 1.54) is 4.88 Å². The molecule has 3 rings (SSSR count). The molecule has 3 N–H and O–H groups in total. The minimum atomic E-state index is 0.0206. The van der Waals surface area contributed by atoms with E-state index in [1.807, 2.05) is 12.4 Å². The lowest BCUT2D eigenvalue weighted by Crippen LogP contribution is -2.29. The van der Waals surface area contributed by atoms with Gasteiger partial charge in [-0.05, 0) is 22.0 Å². The Labute approximate surface area is 122 Å². The molecule has 0 bridgehead atoms. The van der Waals surface area contributed by atoms with Gasteiger partial charge in [0.05, 0.1) is 24.0 Å². The summed E-state index contributed by atoms with van der Waals surface area (Å²) in [5, 5.41) is 6.38. The SMILES string of the molecule is NNC(Cc1cc(Br)cs1)c1cnn2ccncc12. The van der Waals surface area contributed by atoms with E-state index in [0.29, 0.717) is 0 Å². The van der Waals surface area contributed by atoms with Crippen LogP contribution in [0, 0.1) is 0 Å². The van der Waals surface area contributed by atoms with Crippen LogP contribution in [0.5, 0.6) is 0 Å². The van der Waals surface area contributed by atoms with Crippen LogP contribution in [-0.2, 0) is 6.42 Å². The lowest BCUT2D eigenvalue weighted by atomic mass is 10.1. The summed E-state index contributed by atoms with van der Waals surface area (Å²) in [6.07, 6.45) is 8.00. The van der Waals surface area contributed by atoms with Crippen LogP contribution in [0.4, 0.5) is 0 Å². The molecule has 98 valence electrons. The van der Waals surface area contributed by atoms with Gasteiger partial charge < -0.3 is 0 Å². The number of thiophene rings is 1. The van der Waals surface area contributed by atoms with Crippen molar-refractivity contribution in [3.63, 3.8) is 0 Å². The first-order valence-corrected chi connectivity index (χ1v) is 7.41. The maximum atomic E-state index is 5.70. The van der Waals surface area contributed by atoms with Crippen molar-refractivity contribution in [3.8, 4) is 0 Å². The highest BCUT2D eigenvalue weighted by molar-refractivity contribution is 9.10. The van der Waals surface area contributed by atoms with Crippen molar-refractivity contribution in [1.82, 2.24) is 20.0 Å². The van der Waals surface area contributed by atoms with Gasteiger partial charge in [0.15, 0.2) is 0 Å². The normalized spacial score (nSPS) is 12.9. The Morgan fingerprint density at radius 3 is 3.11 bits per heavy atom. The lowest BCUT2D eigenvalue weighted by molar-refractivity contribution is 0.559. The van der Waals surface area contributed by atoms with Gasteiger partial charge in [0, 0.05) is 39.1 Å². The molecule has 0 fully saturated rings. The molecule has 1 atom stereocenters. The van der Waals surface area contributed by atoms with E-state index in [4.69, 9.17) is 5.84 Å². The van der Waals surface area contributed by atoms with Crippen molar-refractivity contribution in [3.05, 3.63) is 51.1 Å². The number of halogens is 1. The predicted molar refractivity (Wildman–Crippen MR) is 78.8 cm³/mol. The number of hydrogen-bond donors (Lipinski definition) is 2. The summed E-state index contributed by atoms with van der Waals surface area (Å²) in [7, 11) is 0. The van der Waals surface area contributed by atoms with Gasteiger partial charge >= 0.3 is 0 Å². The van der Waals surface area contributed by atoms with Crippen LogP contribution in [0.1, 0.15) is 16.5 Å². The van der Waals surface area contributed by atoms with Crippen molar-refractivity contribution < 1.29 is 0 Å². The van der Waals surface area contributed by atoms with Crippen LogP contribution >= 0.6 is 27.3 Å². The molecule has 3 aromatic rings. The molecule has 0 spiro atoms. The number of hydrazine groups is 1. The smallest absolute Gasteiger partial charge is 0.0893 e. The summed E-state index contributed by atoms with van der Waals surface area (Å²) < 4.78 is 2.90. The van der Waals surface area contributed by atoms with Crippen LogP contribution in [-0.4, -0.2) is 14.6 Å². The van der Waals surface area contributed by atoms with Gasteiger partial charge in [0.1, 0.15) is 0 Å². The van der Waals surface area contributed by atoms with Gasteiger partial charge in [-0.15, -0.1) is 11.3 Å². The number of nitrogens with two attached hydrogens (primary N) is 1. The van der Waals surface area contributed by atoms with Crippen LogP contribution in [0.15, 0.2) is 40.7 Å². The zero-order valence-electron chi connectivity index (χ0n) is 9.95. The molecule has 0 amide bonds. The van der Waals surface area contributed by atoms with Crippen LogP contribution in [0.2, 0.25) is 0 Å². The molecule has 3 heterocycles. The van der Waals surface area contributed by atoms with Gasteiger partial charge in [-0.2, -0.15) is 5.10 Å². The molecule has 19 heavy (non-hydrogen) atoms. The number of nitrogens with one attached hydrogen (secondary N) is 1. The van der Waals surface area contributed by atoms with E-state index in [2.05, 4.69) is 42.9 Å². The summed E-state index contributed by atoms with van der Waals surface area (Å²) >= 11 is 5.18. The quantitative estimate of drug-likeness (QED) is 0.566. The van der Waals surface area contributed by atoms with Crippen LogP contribution in [0.25, 0.3) is 5.52 Å². The summed E-state index contributed by atoms with van der Waals surface area (Å²) in [6, 6.07) is 2.13. The highest BCUT2D eigenvalue weighted by Gasteiger charge is 2.16. The molecule has 0 aromatic carbocycles. The van der Waals surface area contributed by atoms with E-state index in [1.54, 1.807) is 28.2 Å². The lowest BCUT2D eigenvalue weighted by Gasteiger charge is -2.13. The van der Waals surface area contributed by atoms with Gasteiger partial charge in [-0.3, -0.25) is 16.3 Å². The van der Waals surface area contributed by atoms with Crippen molar-refractivity contribution in [2.45, 2.75) is 12.5 Å². The molecule has 7 heteroatoms. The van der Waals surface area contributed by atoms with Gasteiger partial charge in [0.2, 0.25) is 0 Å². The molecule has 0 saturated carbocycles. The first-order valence-electron chi connectivity index (χ1n) is 5.74. The van der Waals surface area contributed by atoms with E-state index >= 15 is 0 Å². The fourth-order valence-corrected chi connectivity index (χ4v) is 3.54. The summed E-state index contributed by atoms with van der Waals surface area (Å²) in [6.45, 7) is 0. The Morgan fingerprint density at radius 1 is 1.47 bits per heavy atom. The number of fused-ring (bicyclic) bond motifs is 1. The summed E-state index contributed by atoms with van der Waals surface area (Å²) in [5.74, 6) is 5.70. The first kappa shape index (κ1) is 12.7. The predicted octanol–water partition coefficient (Wildman–Crippen LogP) is 2.30. The molecular weight excluding hydrogens is 326 g/mol. The van der Waals surface area contributed by atoms with Crippen molar-refractivity contribution in [2.24, 2.45) is 5.84 Å². The number of aromatic nitrogens is 3. The van der Waals surface area contributed by atoms with Crippen molar-refractivity contribution >= 4 is 32.8 Å². The number of nitrogens with zero attached hydrogens (tertiary/aromatic N) is 3. The van der Waals surface area contributed by atoms with Crippen LogP contribution < -0.4 is 11.3 Å². The third-order valence-electron chi connectivity index (χ3n) is 2.96. The van der Waals surface area contributed by atoms with E-state index in [9.17, 15) is 0 Å². The highest BCUT2D eigenvalue weighted by atomic mass is 79.9. The Hall–Kier alpha value is -1.28. The summed E-state index contributed by atoms with van der Waals surface area (Å²) in [4.78, 5) is 5.40. The third-order valence-corrected chi connectivity index (χ3v) is 4.68. The number of rotatable bonds is 4. The molecule has 0 saturated heterocycles. The second-order valence-electron chi connectivity index (χ2n) is 4.16. The monoisotopic (exact) mass is 337 g/mol. The van der Waals surface area contributed by atoms with Gasteiger partial charge in [0.25, 0.3) is 0 Å². The largest absolute Gasteiger partial charge is 0.271 e. The molecule has 0 radical (unpaired) electrons. The van der Waals surface area contributed by atoms with Gasteiger partial charge in [-0.1, -0.05) is 0 Å². The fraction of sp³-hybridized carbons (Fsp3) is 0.167. The minimum Gasteiger partial charge on any atom is -0.271 e. The molecule has 1 unspecified atom stereocenters. The fourth-order valence-electron chi connectivity index (χ4n) is 2.04. The van der Waals surface area contributed by atoms with E-state index < -0.39 is 0 Å². The highest BCUT2D eigenvalue weighted by Crippen LogP contribution is 2.26. The molecule has 5 nitrogen and oxygen atoms in total. The topological polar surface area (TPSA) is 68.2 Å². The Balaban J connectivity index is 1.93. The van der Waals surface area contributed by atoms with Crippen molar-refractivity contribution in [2.75, 3.05) is 0 Å². The number of hydrogen-bond acceptors (Lipinski definition) is 5. The zero-order valence-corrected chi connectivity index (χ0v) is 12.4. The average Bonchev–Trinajstić information content (AvgIpc) is 3.02. The second kappa shape index (κ2) is 5.38. The Bertz CT molecular complexity index is 692. The van der Waals surface area contributed by atoms with Gasteiger partial charge in [-0.25, -0.2) is 4.52 Å². The summed E-state index contributed by atoms with van der Waals surface area (Å²) in [5.41, 5.74) is 4.89. The van der Waals surface area contributed by atoms with Crippen LogP contribution in [0.3, 0.4) is 0 Å². The Kier molecular flexibility index (Phi) is 3.61. The first-order chi connectivity index (χ1) is 9.28. The molecule has 3 aromatic heterocycles.